The van der Waals surface area contributed by atoms with Crippen LogP contribution < -0.4 is 0 Å². The van der Waals surface area contributed by atoms with Crippen LogP contribution in [0.4, 0.5) is 4.79 Å². The molecule has 0 heterocycles. The molecule has 0 radical (unpaired) electrons. The quantitative estimate of drug-likeness (QED) is 0.613. The number of rotatable bonds is 3. The van der Waals surface area contributed by atoms with Gasteiger partial charge in [0.05, 0.1) is 0 Å². The van der Waals surface area contributed by atoms with Crippen LogP contribution in [0.3, 0.4) is 0 Å². The molecule has 3 nitrogen and oxygen atoms in total. The number of thiol groups is 1. The van der Waals surface area contributed by atoms with Crippen LogP contribution in [0.15, 0.2) is 0 Å². The number of nitrogens with zero attached hydrogens (tertiary/aromatic N) is 1. The van der Waals surface area contributed by atoms with E-state index in [2.05, 4.69) is 12.6 Å². The zero-order valence-corrected chi connectivity index (χ0v) is 11.3. The molecule has 2 saturated carbocycles. The largest absolute Gasteiger partial charge is 0.383 e. The fraction of sp³-hybridized carbons (Fsp3) is 0.923. The van der Waals surface area contributed by atoms with Crippen LogP contribution in [0.5, 0.6) is 0 Å². The molecule has 17 heavy (non-hydrogen) atoms. The van der Waals surface area contributed by atoms with Crippen LogP contribution in [0, 0.1) is 0 Å². The van der Waals surface area contributed by atoms with Crippen LogP contribution in [-0.2, 0) is 4.84 Å². The minimum atomic E-state index is -0.457. The Balaban J connectivity index is 1.97. The number of hydroxylamine groups is 2. The lowest BCUT2D eigenvalue weighted by molar-refractivity contribution is -0.166. The average molecular weight is 257 g/mol. The smallest absolute Gasteiger partial charge is 0.359 e. The van der Waals surface area contributed by atoms with Crippen molar-refractivity contribution in [3.63, 3.8) is 0 Å². The highest BCUT2D eigenvalue weighted by atomic mass is 32.1. The van der Waals surface area contributed by atoms with E-state index in [-0.39, 0.29) is 0 Å². The van der Waals surface area contributed by atoms with E-state index in [1.54, 1.807) is 0 Å². The highest BCUT2D eigenvalue weighted by Crippen LogP contribution is 2.30. The summed E-state index contributed by atoms with van der Waals surface area (Å²) < 4.78 is 0. The van der Waals surface area contributed by atoms with Gasteiger partial charge < -0.3 is 4.84 Å². The van der Waals surface area contributed by atoms with Crippen molar-refractivity contribution >= 4 is 17.9 Å². The van der Waals surface area contributed by atoms with E-state index in [9.17, 15) is 4.79 Å². The molecule has 0 aromatic rings. The lowest BCUT2D eigenvalue weighted by atomic mass is 9.90. The second-order valence-electron chi connectivity index (χ2n) is 5.30. The molecule has 0 saturated heterocycles. The van der Waals surface area contributed by atoms with Gasteiger partial charge in [0, 0.05) is 12.1 Å². The highest BCUT2D eigenvalue weighted by Gasteiger charge is 2.31. The van der Waals surface area contributed by atoms with Gasteiger partial charge in [-0.05, 0) is 25.7 Å². The Kier molecular flexibility index (Phi) is 5.16. The van der Waals surface area contributed by atoms with Crippen molar-refractivity contribution in [1.82, 2.24) is 5.06 Å². The van der Waals surface area contributed by atoms with Gasteiger partial charge in [-0.2, -0.15) is 0 Å². The number of hydrogen-bond acceptors (Lipinski definition) is 3. The number of carbonyl (C=O) groups is 1. The van der Waals surface area contributed by atoms with Gasteiger partial charge >= 0.3 is 5.30 Å². The first-order valence-corrected chi connectivity index (χ1v) is 7.41. The Hall–Kier alpha value is -0.220. The first kappa shape index (κ1) is 13.2. The van der Waals surface area contributed by atoms with Crippen molar-refractivity contribution in [2.75, 3.05) is 0 Å². The van der Waals surface area contributed by atoms with Gasteiger partial charge in [-0.3, -0.25) is 0 Å². The Labute approximate surface area is 109 Å². The van der Waals surface area contributed by atoms with Crippen molar-refractivity contribution in [2.45, 2.75) is 76.3 Å². The van der Waals surface area contributed by atoms with Crippen molar-refractivity contribution in [2.24, 2.45) is 0 Å². The summed E-state index contributed by atoms with van der Waals surface area (Å²) in [5.41, 5.74) is 0. The molecule has 0 amide bonds. The maximum Gasteiger partial charge on any atom is 0.383 e. The van der Waals surface area contributed by atoms with E-state index in [1.165, 1.54) is 38.5 Å². The van der Waals surface area contributed by atoms with Crippen molar-refractivity contribution < 1.29 is 9.63 Å². The maximum absolute atomic E-state index is 11.1. The molecule has 0 aromatic carbocycles. The molecule has 2 aliphatic carbocycles. The summed E-state index contributed by atoms with van der Waals surface area (Å²) >= 11 is 3.77. The van der Waals surface area contributed by atoms with Gasteiger partial charge in [0.25, 0.3) is 0 Å². The molecule has 2 rings (SSSR count). The van der Waals surface area contributed by atoms with Crippen LogP contribution in [0.2, 0.25) is 0 Å². The minimum Gasteiger partial charge on any atom is -0.359 e. The summed E-state index contributed by atoms with van der Waals surface area (Å²) in [4.78, 5) is 16.5. The second kappa shape index (κ2) is 6.64. The van der Waals surface area contributed by atoms with Gasteiger partial charge in [-0.25, -0.2) is 4.79 Å². The van der Waals surface area contributed by atoms with Crippen LogP contribution in [0.25, 0.3) is 0 Å². The average Bonchev–Trinajstić information content (AvgIpc) is 2.38. The normalized spacial score (nSPS) is 23.9. The van der Waals surface area contributed by atoms with Crippen LogP contribution in [0.1, 0.15) is 64.2 Å². The molecule has 0 atom stereocenters. The van der Waals surface area contributed by atoms with Crippen LogP contribution >= 0.6 is 12.6 Å². The third-order valence-corrected chi connectivity index (χ3v) is 4.13. The lowest BCUT2D eigenvalue weighted by Gasteiger charge is -2.39. The summed E-state index contributed by atoms with van der Waals surface area (Å²) in [5.74, 6) is 0. The van der Waals surface area contributed by atoms with E-state index in [0.29, 0.717) is 12.1 Å². The highest BCUT2D eigenvalue weighted by molar-refractivity contribution is 7.96. The van der Waals surface area contributed by atoms with Gasteiger partial charge in [0.2, 0.25) is 0 Å². The Morgan fingerprint density at radius 1 is 0.882 bits per heavy atom. The first-order chi connectivity index (χ1) is 8.27. The van der Waals surface area contributed by atoms with Gasteiger partial charge in [0.15, 0.2) is 0 Å². The third-order valence-electron chi connectivity index (χ3n) is 4.05. The Morgan fingerprint density at radius 3 is 1.65 bits per heavy atom. The molecule has 0 aliphatic heterocycles. The lowest BCUT2D eigenvalue weighted by Crippen LogP contribution is -2.45. The molecular weight excluding hydrogens is 234 g/mol. The zero-order chi connectivity index (χ0) is 12.1. The summed E-state index contributed by atoms with van der Waals surface area (Å²) in [5, 5.41) is 1.54. The predicted octanol–water partition coefficient (Wildman–Crippen LogP) is 3.94. The molecule has 4 heteroatoms. The molecule has 2 aliphatic rings. The van der Waals surface area contributed by atoms with Crippen molar-refractivity contribution in [1.29, 1.82) is 0 Å². The number of carbonyl (C=O) groups excluding carboxylic acids is 1. The summed E-state index contributed by atoms with van der Waals surface area (Å²) in [6.07, 6.45) is 12.4. The zero-order valence-electron chi connectivity index (χ0n) is 10.4. The van der Waals surface area contributed by atoms with E-state index in [4.69, 9.17) is 4.84 Å². The molecule has 0 unspecified atom stereocenters. The fourth-order valence-electron chi connectivity index (χ4n) is 3.21. The molecule has 0 N–H and O–H groups in total. The molecule has 2 fully saturated rings. The number of hydrogen-bond donors (Lipinski definition) is 1. The fourth-order valence-corrected chi connectivity index (χ4v) is 3.30. The van der Waals surface area contributed by atoms with Gasteiger partial charge in [-0.15, -0.1) is 5.06 Å². The third kappa shape index (κ3) is 3.88. The SMILES string of the molecule is O=C(S)ON(C1CCCCC1)C1CCCCC1. The topological polar surface area (TPSA) is 29.5 Å². The van der Waals surface area contributed by atoms with Gasteiger partial charge in [0.1, 0.15) is 0 Å². The molecule has 98 valence electrons. The molecule has 0 spiro atoms. The predicted molar refractivity (Wildman–Crippen MR) is 71.1 cm³/mol. The molecule has 0 bridgehead atoms. The van der Waals surface area contributed by atoms with Crippen LogP contribution in [-0.4, -0.2) is 22.4 Å². The summed E-state index contributed by atoms with van der Waals surface area (Å²) in [7, 11) is 0. The summed E-state index contributed by atoms with van der Waals surface area (Å²) in [6.45, 7) is 0. The van der Waals surface area contributed by atoms with E-state index >= 15 is 0 Å². The Bertz CT molecular complexity index is 230. The summed E-state index contributed by atoms with van der Waals surface area (Å²) in [6, 6.07) is 0.867. The van der Waals surface area contributed by atoms with E-state index in [0.717, 1.165) is 25.7 Å². The van der Waals surface area contributed by atoms with Crippen molar-refractivity contribution in [3.05, 3.63) is 0 Å². The Morgan fingerprint density at radius 2 is 1.29 bits per heavy atom. The molecule has 0 aromatic heterocycles. The van der Waals surface area contributed by atoms with E-state index < -0.39 is 5.30 Å². The molecular formula is C13H23NO2S. The van der Waals surface area contributed by atoms with Crippen molar-refractivity contribution in [3.8, 4) is 0 Å². The maximum atomic E-state index is 11.1. The minimum absolute atomic E-state index is 0.433. The van der Waals surface area contributed by atoms with E-state index in [1.807, 2.05) is 5.06 Å². The second-order valence-corrected chi connectivity index (χ2v) is 5.67. The standard InChI is InChI=1S/C13H23NO2S/c15-13(17)16-14(11-7-3-1-4-8-11)12-9-5-2-6-10-12/h11-12H,1-10H2,(H,15,17). The monoisotopic (exact) mass is 257 g/mol. The first-order valence-electron chi connectivity index (χ1n) is 6.96. The van der Waals surface area contributed by atoms with Gasteiger partial charge in [-0.1, -0.05) is 51.2 Å².